The van der Waals surface area contributed by atoms with Crippen molar-refractivity contribution < 1.29 is 29.2 Å². The molecule has 36 heavy (non-hydrogen) atoms. The van der Waals surface area contributed by atoms with Gasteiger partial charge >= 0.3 is 0 Å². The van der Waals surface area contributed by atoms with Gasteiger partial charge < -0.3 is 29.2 Å². The van der Waals surface area contributed by atoms with Crippen molar-refractivity contribution in [1.82, 2.24) is 0 Å². The van der Waals surface area contributed by atoms with Gasteiger partial charge in [0, 0.05) is 33.4 Å². The number of ether oxygens (including phenoxy) is 4. The Kier molecular flexibility index (Phi) is 5.40. The fourth-order valence-electron chi connectivity index (χ4n) is 4.83. The predicted molar refractivity (Wildman–Crippen MR) is 136 cm³/mol. The van der Waals surface area contributed by atoms with Gasteiger partial charge in [-0.05, 0) is 71.8 Å². The molecular weight excluding hydrogens is 456 g/mol. The lowest BCUT2D eigenvalue weighted by Gasteiger charge is -2.30. The second-order valence-electron chi connectivity index (χ2n) is 8.66. The van der Waals surface area contributed by atoms with Crippen molar-refractivity contribution in [2.24, 2.45) is 0 Å². The number of methoxy groups -OCH3 is 2. The van der Waals surface area contributed by atoms with Gasteiger partial charge in [0.15, 0.2) is 0 Å². The number of fused-ring (bicyclic) bond motifs is 4. The molecule has 6 rings (SSSR count). The van der Waals surface area contributed by atoms with Crippen molar-refractivity contribution in [3.8, 4) is 34.5 Å². The first kappa shape index (κ1) is 22.2. The van der Waals surface area contributed by atoms with Gasteiger partial charge in [0.2, 0.25) is 0 Å². The monoisotopic (exact) mass is 480 g/mol. The molecule has 2 heterocycles. The van der Waals surface area contributed by atoms with Crippen LogP contribution in [0.4, 0.5) is 0 Å². The number of benzene rings is 4. The Labute approximate surface area is 208 Å². The van der Waals surface area contributed by atoms with E-state index in [2.05, 4.69) is 0 Å². The topological polar surface area (TPSA) is 77.4 Å². The first-order chi connectivity index (χ1) is 17.6. The van der Waals surface area contributed by atoms with Crippen LogP contribution in [-0.2, 0) is 13.2 Å². The highest BCUT2D eigenvalue weighted by Gasteiger charge is 2.32. The van der Waals surface area contributed by atoms with Crippen LogP contribution in [0.3, 0.4) is 0 Å². The quantitative estimate of drug-likeness (QED) is 0.327. The van der Waals surface area contributed by atoms with Crippen molar-refractivity contribution in [1.29, 1.82) is 0 Å². The van der Waals surface area contributed by atoms with Gasteiger partial charge in [0.1, 0.15) is 34.5 Å². The fourth-order valence-corrected chi connectivity index (χ4v) is 4.83. The summed E-state index contributed by atoms with van der Waals surface area (Å²) < 4.78 is 23.7. The standard InChI is InChI=1S/C30H24O6/c1-33-19-5-9-27-23(13-19)29(21-11-17(15-31)3-7-25(21)35-27)30-22-12-18(16-32)4-8-26(22)36-28-10-6-20(34-2)14-24(28)30/h3-14,31-32H,15-16H2,1-2H3/b30-29-. The van der Waals surface area contributed by atoms with Gasteiger partial charge in [-0.15, -0.1) is 0 Å². The number of aliphatic hydroxyl groups is 2. The average molecular weight is 481 g/mol. The summed E-state index contributed by atoms with van der Waals surface area (Å²) in [6.07, 6.45) is 0. The molecule has 2 aliphatic heterocycles. The molecule has 180 valence electrons. The molecule has 0 unspecified atom stereocenters. The zero-order chi connectivity index (χ0) is 24.8. The van der Waals surface area contributed by atoms with E-state index < -0.39 is 0 Å². The van der Waals surface area contributed by atoms with Gasteiger partial charge in [0.25, 0.3) is 0 Å². The molecule has 6 nitrogen and oxygen atoms in total. The van der Waals surface area contributed by atoms with Crippen molar-refractivity contribution in [2.45, 2.75) is 13.2 Å². The van der Waals surface area contributed by atoms with Crippen molar-refractivity contribution in [3.63, 3.8) is 0 Å². The van der Waals surface area contributed by atoms with E-state index in [1.807, 2.05) is 72.8 Å². The van der Waals surface area contributed by atoms with E-state index in [0.29, 0.717) is 34.5 Å². The van der Waals surface area contributed by atoms with Gasteiger partial charge in [-0.1, -0.05) is 12.1 Å². The Bertz CT molecular complexity index is 1310. The van der Waals surface area contributed by atoms with Gasteiger partial charge in [-0.2, -0.15) is 0 Å². The zero-order valence-corrected chi connectivity index (χ0v) is 19.9. The third kappa shape index (κ3) is 3.50. The second kappa shape index (κ2) is 8.75. The summed E-state index contributed by atoms with van der Waals surface area (Å²) in [5, 5.41) is 19.8. The van der Waals surface area contributed by atoms with Crippen LogP contribution in [0.1, 0.15) is 33.4 Å². The van der Waals surface area contributed by atoms with Crippen LogP contribution < -0.4 is 18.9 Å². The predicted octanol–water partition coefficient (Wildman–Crippen LogP) is 5.91. The minimum absolute atomic E-state index is 0.0976. The number of aliphatic hydroxyl groups excluding tert-OH is 2. The molecule has 6 heteroatoms. The highest BCUT2D eigenvalue weighted by atomic mass is 16.5. The molecule has 4 aromatic carbocycles. The van der Waals surface area contributed by atoms with Crippen LogP contribution in [-0.4, -0.2) is 24.4 Å². The van der Waals surface area contributed by atoms with E-state index in [4.69, 9.17) is 18.9 Å². The maximum absolute atomic E-state index is 9.92. The number of rotatable bonds is 4. The second-order valence-corrected chi connectivity index (χ2v) is 8.66. The molecule has 0 bridgehead atoms. The molecule has 4 aromatic rings. The highest BCUT2D eigenvalue weighted by molar-refractivity contribution is 6.10. The molecule has 0 atom stereocenters. The van der Waals surface area contributed by atoms with Crippen LogP contribution in [0, 0.1) is 0 Å². The van der Waals surface area contributed by atoms with Crippen LogP contribution in [0.5, 0.6) is 34.5 Å². The lowest BCUT2D eigenvalue weighted by atomic mass is 9.81. The Balaban J connectivity index is 1.78. The van der Waals surface area contributed by atoms with E-state index in [1.165, 1.54) is 0 Å². The van der Waals surface area contributed by atoms with Crippen molar-refractivity contribution in [3.05, 3.63) is 106 Å². The molecule has 2 aliphatic rings. The van der Waals surface area contributed by atoms with E-state index in [-0.39, 0.29) is 13.2 Å². The van der Waals surface area contributed by atoms with Crippen LogP contribution in [0.15, 0.2) is 72.8 Å². The summed E-state index contributed by atoms with van der Waals surface area (Å²) >= 11 is 0. The summed E-state index contributed by atoms with van der Waals surface area (Å²) in [6, 6.07) is 22.8. The summed E-state index contributed by atoms with van der Waals surface area (Å²) in [5.41, 5.74) is 6.74. The zero-order valence-electron chi connectivity index (χ0n) is 19.9. The Morgan fingerprint density at radius 3 is 1.25 bits per heavy atom. The van der Waals surface area contributed by atoms with Crippen LogP contribution in [0.25, 0.3) is 11.1 Å². The number of hydrogen-bond acceptors (Lipinski definition) is 6. The Morgan fingerprint density at radius 1 is 0.528 bits per heavy atom. The molecule has 0 saturated heterocycles. The van der Waals surface area contributed by atoms with E-state index in [0.717, 1.165) is 44.5 Å². The summed E-state index contributed by atoms with van der Waals surface area (Å²) in [5.74, 6) is 4.14. The Hall–Kier alpha value is -4.26. The summed E-state index contributed by atoms with van der Waals surface area (Å²) in [4.78, 5) is 0. The minimum atomic E-state index is -0.0976. The number of hydrogen-bond donors (Lipinski definition) is 2. The Morgan fingerprint density at radius 2 is 0.889 bits per heavy atom. The van der Waals surface area contributed by atoms with Gasteiger partial charge in [0.05, 0.1) is 27.4 Å². The maximum atomic E-state index is 9.92. The third-order valence-corrected chi connectivity index (χ3v) is 6.59. The molecule has 0 saturated carbocycles. The van der Waals surface area contributed by atoms with E-state index >= 15 is 0 Å². The minimum Gasteiger partial charge on any atom is -0.497 e. The fraction of sp³-hybridized carbons (Fsp3) is 0.133. The van der Waals surface area contributed by atoms with Crippen molar-refractivity contribution in [2.75, 3.05) is 14.2 Å². The molecular formula is C30H24O6. The smallest absolute Gasteiger partial charge is 0.135 e. The van der Waals surface area contributed by atoms with Crippen LogP contribution in [0.2, 0.25) is 0 Å². The molecule has 0 amide bonds. The average Bonchev–Trinajstić information content (AvgIpc) is 2.93. The van der Waals surface area contributed by atoms with Gasteiger partial charge in [-0.25, -0.2) is 0 Å². The summed E-state index contributed by atoms with van der Waals surface area (Å²) in [6.45, 7) is -0.195. The molecule has 0 fully saturated rings. The van der Waals surface area contributed by atoms with Crippen LogP contribution >= 0.6 is 0 Å². The van der Waals surface area contributed by atoms with E-state index in [9.17, 15) is 10.2 Å². The molecule has 0 aliphatic carbocycles. The largest absolute Gasteiger partial charge is 0.497 e. The summed E-state index contributed by atoms with van der Waals surface area (Å²) in [7, 11) is 3.26. The lowest BCUT2D eigenvalue weighted by Crippen LogP contribution is -2.10. The first-order valence-corrected chi connectivity index (χ1v) is 11.6. The lowest BCUT2D eigenvalue weighted by molar-refractivity contribution is 0.281. The van der Waals surface area contributed by atoms with Gasteiger partial charge in [-0.3, -0.25) is 0 Å². The first-order valence-electron chi connectivity index (χ1n) is 11.6. The SMILES string of the molecule is COc1ccc2c(c1)/C(=C1/c3cc(CO)ccc3Oc3ccc(OC)cc31)c1cc(CO)ccc1O2. The third-order valence-electron chi connectivity index (χ3n) is 6.59. The molecule has 0 radical (unpaired) electrons. The molecule has 0 aromatic heterocycles. The normalized spacial score (nSPS) is 15.0. The molecule has 2 N–H and O–H groups in total. The van der Waals surface area contributed by atoms with E-state index in [1.54, 1.807) is 14.2 Å². The molecule has 0 spiro atoms. The maximum Gasteiger partial charge on any atom is 0.135 e. The van der Waals surface area contributed by atoms with Crippen molar-refractivity contribution >= 4 is 11.1 Å². The highest BCUT2D eigenvalue weighted by Crippen LogP contribution is 2.54.